The normalized spacial score (nSPS) is 14.4. The monoisotopic (exact) mass is 309 g/mol. The minimum Gasteiger partial charge on any atom is -0.759 e. The van der Waals surface area contributed by atoms with Crippen LogP contribution >= 0.6 is 0 Å². The molecule has 0 fully saturated rings. The van der Waals surface area contributed by atoms with Crippen molar-refractivity contribution in [1.29, 1.82) is 0 Å². The van der Waals surface area contributed by atoms with Gasteiger partial charge in [0.1, 0.15) is 5.72 Å². The van der Waals surface area contributed by atoms with E-state index in [-0.39, 0.29) is 0 Å². The fourth-order valence-corrected chi connectivity index (χ4v) is 0.535. The van der Waals surface area contributed by atoms with Crippen molar-refractivity contribution in [3.63, 3.8) is 0 Å². The van der Waals surface area contributed by atoms with E-state index in [0.29, 0.717) is 6.42 Å². The Hall–Kier alpha value is -0.340. The number of rotatable bonds is 3. The Morgan fingerprint density at radius 1 is 1.06 bits per heavy atom. The second-order valence-corrected chi connectivity index (χ2v) is 4.91. The second-order valence-electron chi connectivity index (χ2n) is 3.28. The van der Waals surface area contributed by atoms with Gasteiger partial charge in [0.15, 0.2) is 0 Å². The Balaban J connectivity index is -0.000000197. The van der Waals surface area contributed by atoms with Crippen LogP contribution < -0.4 is 5.73 Å². The van der Waals surface area contributed by atoms with Gasteiger partial charge in [0, 0.05) is 20.8 Å². The average Bonchev–Trinajstić information content (AvgIpc) is 1.92. The summed E-state index contributed by atoms with van der Waals surface area (Å²) in [5.74, 6) is 0. The lowest BCUT2D eigenvalue weighted by Gasteiger charge is -2.15. The third kappa shape index (κ3) is 155. The number of nitrogens with two attached hydrogens (primary N) is 1. The first-order chi connectivity index (χ1) is 7.56. The third-order valence-corrected chi connectivity index (χ3v) is 1.04. The summed E-state index contributed by atoms with van der Waals surface area (Å²) in [5, 5.41) is 8.93. The van der Waals surface area contributed by atoms with Gasteiger partial charge in [-0.25, -0.2) is 0 Å². The van der Waals surface area contributed by atoms with E-state index in [1.807, 2.05) is 0 Å². The zero-order valence-corrected chi connectivity index (χ0v) is 11.4. The molecule has 0 heterocycles. The van der Waals surface area contributed by atoms with Gasteiger partial charge in [0.05, 0.1) is 0 Å². The molecule has 0 spiro atoms. The lowest BCUT2D eigenvalue weighted by molar-refractivity contribution is 0.0556. The Morgan fingerprint density at radius 2 is 1.28 bits per heavy atom. The lowest BCUT2D eigenvalue weighted by Crippen LogP contribution is -2.35. The van der Waals surface area contributed by atoms with E-state index in [4.69, 9.17) is 45.9 Å². The SMILES string of the molecule is CCCCC(C)(N)O.O=S(=O)([O-])[O-].O=S(=O)([O-])[O-]. The maximum Gasteiger partial charge on any atom is 0.110 e. The summed E-state index contributed by atoms with van der Waals surface area (Å²) >= 11 is 0. The van der Waals surface area contributed by atoms with Crippen LogP contribution in [0.2, 0.25) is 0 Å². The highest BCUT2D eigenvalue weighted by molar-refractivity contribution is 7.79. The quantitative estimate of drug-likeness (QED) is 0.338. The van der Waals surface area contributed by atoms with E-state index in [2.05, 4.69) is 6.92 Å². The van der Waals surface area contributed by atoms with Crippen LogP contribution in [0, 0.1) is 0 Å². The van der Waals surface area contributed by atoms with Crippen molar-refractivity contribution >= 4 is 20.8 Å². The predicted octanol–water partition coefficient (Wildman–Crippen LogP) is -1.83. The van der Waals surface area contributed by atoms with Crippen molar-refractivity contribution in [3.8, 4) is 0 Å². The van der Waals surface area contributed by atoms with Gasteiger partial charge in [0.25, 0.3) is 0 Å². The van der Waals surface area contributed by atoms with Crippen molar-refractivity contribution in [2.24, 2.45) is 5.73 Å². The maximum atomic E-state index is 8.93. The van der Waals surface area contributed by atoms with Crippen molar-refractivity contribution in [1.82, 2.24) is 0 Å². The average molecular weight is 309 g/mol. The summed E-state index contributed by atoms with van der Waals surface area (Å²) in [6.07, 6.45) is 2.79. The van der Waals surface area contributed by atoms with Gasteiger partial charge in [-0.3, -0.25) is 16.8 Å². The molecule has 10 nitrogen and oxygen atoms in total. The van der Waals surface area contributed by atoms with Gasteiger partial charge in [-0.15, -0.1) is 0 Å². The minimum atomic E-state index is -5.17. The van der Waals surface area contributed by atoms with Crippen LogP contribution in [-0.2, 0) is 20.8 Å². The molecule has 3 N–H and O–H groups in total. The fraction of sp³-hybridized carbons (Fsp3) is 1.00. The highest BCUT2D eigenvalue weighted by Crippen LogP contribution is 2.04. The summed E-state index contributed by atoms with van der Waals surface area (Å²) < 4.78 is 68.2. The van der Waals surface area contributed by atoms with E-state index in [0.717, 1.165) is 12.8 Å². The predicted molar refractivity (Wildman–Crippen MR) is 55.3 cm³/mol. The topological polar surface area (TPSA) is 207 Å². The van der Waals surface area contributed by atoms with Gasteiger partial charge >= 0.3 is 0 Å². The van der Waals surface area contributed by atoms with Gasteiger partial charge < -0.3 is 29.1 Å². The molecule has 1 atom stereocenters. The molecule has 0 saturated carbocycles. The molecule has 0 aromatic carbocycles. The van der Waals surface area contributed by atoms with Crippen LogP contribution in [0.25, 0.3) is 0 Å². The molecule has 0 amide bonds. The molecular weight excluding hydrogens is 294 g/mol. The summed E-state index contributed by atoms with van der Waals surface area (Å²) in [7, 11) is -10.3. The Bertz CT molecular complexity index is 334. The maximum absolute atomic E-state index is 8.93. The van der Waals surface area contributed by atoms with Gasteiger partial charge in [-0.1, -0.05) is 13.3 Å². The lowest BCUT2D eigenvalue weighted by atomic mass is 10.1. The number of hydrogen-bond donors (Lipinski definition) is 2. The molecule has 0 aliphatic rings. The molecule has 0 aromatic heterocycles. The molecule has 1 unspecified atom stereocenters. The largest absolute Gasteiger partial charge is 0.759 e. The number of hydrogen-bond acceptors (Lipinski definition) is 10. The Kier molecular flexibility index (Phi) is 12.1. The summed E-state index contributed by atoms with van der Waals surface area (Å²) in [5.41, 5.74) is 4.33. The zero-order chi connectivity index (χ0) is 15.6. The second kappa shape index (κ2) is 9.57. The van der Waals surface area contributed by atoms with Crippen LogP contribution in [0.4, 0.5) is 0 Å². The van der Waals surface area contributed by atoms with Gasteiger partial charge in [0.2, 0.25) is 0 Å². The van der Waals surface area contributed by atoms with Crippen LogP contribution in [0.15, 0.2) is 0 Å². The van der Waals surface area contributed by atoms with Gasteiger partial charge in [-0.2, -0.15) is 0 Å². The third-order valence-electron chi connectivity index (χ3n) is 1.04. The van der Waals surface area contributed by atoms with Crippen LogP contribution in [0.1, 0.15) is 33.1 Å². The van der Waals surface area contributed by atoms with Crippen molar-refractivity contribution in [2.75, 3.05) is 0 Å². The van der Waals surface area contributed by atoms with E-state index in [1.54, 1.807) is 6.92 Å². The Morgan fingerprint density at radius 3 is 1.33 bits per heavy atom. The molecule has 0 aromatic rings. The molecule has 0 aliphatic carbocycles. The van der Waals surface area contributed by atoms with Crippen LogP contribution in [0.3, 0.4) is 0 Å². The molecular formula is C6H15NO9S2-4. The smallest absolute Gasteiger partial charge is 0.110 e. The zero-order valence-electron chi connectivity index (χ0n) is 9.73. The van der Waals surface area contributed by atoms with E-state index in [9.17, 15) is 0 Å². The molecule has 0 bridgehead atoms. The fourth-order valence-electron chi connectivity index (χ4n) is 0.535. The standard InChI is InChI=1S/C6H15NO.2H2O4S/c1-3-4-5-6(2,7)8;2*1-5(2,3)4/h8H,3-5,7H2,1-2H3;2*(H2,1,2,3,4)/p-4. The van der Waals surface area contributed by atoms with Gasteiger partial charge in [-0.05, 0) is 19.8 Å². The number of unbranched alkanes of at least 4 members (excludes halogenated alkanes) is 1. The van der Waals surface area contributed by atoms with Crippen molar-refractivity contribution in [2.45, 2.75) is 38.8 Å². The molecule has 0 radical (unpaired) electrons. The van der Waals surface area contributed by atoms with E-state index in [1.165, 1.54) is 0 Å². The molecule has 18 heavy (non-hydrogen) atoms. The highest BCUT2D eigenvalue weighted by Gasteiger charge is 2.10. The summed E-state index contributed by atoms with van der Waals surface area (Å²) in [4.78, 5) is 0. The first-order valence-corrected chi connectivity index (χ1v) is 7.07. The molecule has 114 valence electrons. The molecule has 12 heteroatoms. The Labute approximate surface area is 106 Å². The molecule has 0 aliphatic heterocycles. The van der Waals surface area contributed by atoms with E-state index >= 15 is 0 Å². The summed E-state index contributed by atoms with van der Waals surface area (Å²) in [6.45, 7) is 3.70. The van der Waals surface area contributed by atoms with Crippen molar-refractivity contribution < 1.29 is 40.2 Å². The van der Waals surface area contributed by atoms with Crippen molar-refractivity contribution in [3.05, 3.63) is 0 Å². The molecule has 0 rings (SSSR count). The van der Waals surface area contributed by atoms with E-state index < -0.39 is 26.5 Å². The minimum absolute atomic E-state index is 0.698. The molecule has 0 saturated heterocycles. The first kappa shape index (κ1) is 22.8. The summed E-state index contributed by atoms with van der Waals surface area (Å²) in [6, 6.07) is 0. The van der Waals surface area contributed by atoms with Crippen LogP contribution in [-0.4, -0.2) is 45.9 Å². The first-order valence-electron chi connectivity index (χ1n) is 4.41. The van der Waals surface area contributed by atoms with Crippen LogP contribution in [0.5, 0.6) is 0 Å². The number of aliphatic hydroxyl groups is 1. The highest BCUT2D eigenvalue weighted by atomic mass is 32.3.